The zero-order chi connectivity index (χ0) is 13.0. The number of halogens is 1. The van der Waals surface area contributed by atoms with E-state index >= 15 is 0 Å². The second-order valence-electron chi connectivity index (χ2n) is 4.95. The smallest absolute Gasteiger partial charge is 0.120 e. The SMILES string of the molecule is CNCC1CCCCN1Cc1cc(Br)ccc1O. The minimum atomic E-state index is 0.395. The molecule has 0 aromatic heterocycles. The quantitative estimate of drug-likeness (QED) is 0.897. The van der Waals surface area contributed by atoms with Crippen LogP contribution in [0.1, 0.15) is 24.8 Å². The second kappa shape index (κ2) is 6.55. The highest BCUT2D eigenvalue weighted by Gasteiger charge is 2.22. The predicted molar refractivity (Wildman–Crippen MR) is 77.8 cm³/mol. The summed E-state index contributed by atoms with van der Waals surface area (Å²) in [5, 5.41) is 13.2. The van der Waals surface area contributed by atoms with Gasteiger partial charge < -0.3 is 10.4 Å². The van der Waals surface area contributed by atoms with Crippen LogP contribution in [0.15, 0.2) is 22.7 Å². The number of benzene rings is 1. The molecule has 4 heteroatoms. The van der Waals surface area contributed by atoms with Crippen LogP contribution in [0, 0.1) is 0 Å². The molecule has 0 spiro atoms. The van der Waals surface area contributed by atoms with E-state index in [0.29, 0.717) is 11.8 Å². The molecular formula is C14H21BrN2O. The lowest BCUT2D eigenvalue weighted by Crippen LogP contribution is -2.44. The van der Waals surface area contributed by atoms with Gasteiger partial charge in [0.2, 0.25) is 0 Å². The second-order valence-corrected chi connectivity index (χ2v) is 5.87. The van der Waals surface area contributed by atoms with Gasteiger partial charge in [-0.2, -0.15) is 0 Å². The summed E-state index contributed by atoms with van der Waals surface area (Å²) in [6.07, 6.45) is 3.82. The van der Waals surface area contributed by atoms with Crippen LogP contribution in [0.4, 0.5) is 0 Å². The highest BCUT2D eigenvalue weighted by Crippen LogP contribution is 2.26. The minimum Gasteiger partial charge on any atom is -0.508 e. The first-order valence-electron chi connectivity index (χ1n) is 6.56. The maximum atomic E-state index is 9.92. The lowest BCUT2D eigenvalue weighted by Gasteiger charge is -2.35. The Kier molecular flexibility index (Phi) is 5.03. The molecule has 0 saturated carbocycles. The summed E-state index contributed by atoms with van der Waals surface area (Å²) in [6.45, 7) is 2.98. The number of phenols is 1. The fourth-order valence-electron chi connectivity index (χ4n) is 2.63. The number of piperidine rings is 1. The Morgan fingerprint density at radius 2 is 2.28 bits per heavy atom. The van der Waals surface area contributed by atoms with Crippen LogP contribution >= 0.6 is 15.9 Å². The highest BCUT2D eigenvalue weighted by molar-refractivity contribution is 9.10. The van der Waals surface area contributed by atoms with Crippen molar-refractivity contribution in [3.63, 3.8) is 0 Å². The monoisotopic (exact) mass is 312 g/mol. The van der Waals surface area contributed by atoms with Crippen molar-refractivity contribution < 1.29 is 5.11 Å². The van der Waals surface area contributed by atoms with Gasteiger partial charge in [0.25, 0.3) is 0 Å². The molecular weight excluding hydrogens is 292 g/mol. The summed E-state index contributed by atoms with van der Waals surface area (Å²) >= 11 is 3.47. The summed E-state index contributed by atoms with van der Waals surface area (Å²) in [4.78, 5) is 2.47. The van der Waals surface area contributed by atoms with Crippen molar-refractivity contribution in [3.8, 4) is 5.75 Å². The molecule has 1 aliphatic rings. The number of aromatic hydroxyl groups is 1. The fourth-order valence-corrected chi connectivity index (χ4v) is 3.04. The largest absolute Gasteiger partial charge is 0.508 e. The van der Waals surface area contributed by atoms with Crippen LogP contribution in [0.25, 0.3) is 0 Å². The van der Waals surface area contributed by atoms with Gasteiger partial charge in [-0.1, -0.05) is 22.4 Å². The molecule has 1 atom stereocenters. The first-order chi connectivity index (χ1) is 8.70. The number of nitrogens with one attached hydrogen (secondary N) is 1. The zero-order valence-electron chi connectivity index (χ0n) is 10.8. The number of likely N-dealkylation sites (tertiary alicyclic amines) is 1. The maximum absolute atomic E-state index is 9.92. The molecule has 1 saturated heterocycles. The average molecular weight is 313 g/mol. The van der Waals surface area contributed by atoms with Gasteiger partial charge in [-0.3, -0.25) is 4.90 Å². The van der Waals surface area contributed by atoms with E-state index < -0.39 is 0 Å². The summed E-state index contributed by atoms with van der Waals surface area (Å²) < 4.78 is 1.03. The van der Waals surface area contributed by atoms with Gasteiger partial charge in [0.1, 0.15) is 5.75 Å². The lowest BCUT2D eigenvalue weighted by molar-refractivity contribution is 0.138. The molecule has 1 unspecified atom stereocenters. The Bertz CT molecular complexity index is 395. The predicted octanol–water partition coefficient (Wildman–Crippen LogP) is 2.73. The van der Waals surface area contributed by atoms with E-state index in [2.05, 4.69) is 26.1 Å². The van der Waals surface area contributed by atoms with E-state index in [1.165, 1.54) is 19.3 Å². The topological polar surface area (TPSA) is 35.5 Å². The van der Waals surface area contributed by atoms with Gasteiger partial charge >= 0.3 is 0 Å². The van der Waals surface area contributed by atoms with Crippen LogP contribution in [-0.2, 0) is 6.54 Å². The van der Waals surface area contributed by atoms with Gasteiger partial charge in [0, 0.05) is 29.2 Å². The molecule has 2 N–H and O–H groups in total. The van der Waals surface area contributed by atoms with E-state index in [9.17, 15) is 5.11 Å². The highest BCUT2D eigenvalue weighted by atomic mass is 79.9. The molecule has 0 bridgehead atoms. The summed E-state index contributed by atoms with van der Waals surface area (Å²) in [5.74, 6) is 0.395. The third-order valence-electron chi connectivity index (χ3n) is 3.60. The molecule has 1 aromatic carbocycles. The van der Waals surface area contributed by atoms with E-state index in [1.54, 1.807) is 6.07 Å². The fraction of sp³-hybridized carbons (Fsp3) is 0.571. The molecule has 0 amide bonds. The molecule has 1 fully saturated rings. The van der Waals surface area contributed by atoms with Crippen LogP contribution in [-0.4, -0.2) is 36.2 Å². The first-order valence-corrected chi connectivity index (χ1v) is 7.36. The van der Waals surface area contributed by atoms with E-state index in [0.717, 1.165) is 29.7 Å². The molecule has 1 heterocycles. The van der Waals surface area contributed by atoms with Crippen LogP contribution < -0.4 is 5.32 Å². The number of phenolic OH excluding ortho intramolecular Hbond substituents is 1. The van der Waals surface area contributed by atoms with Crippen molar-refractivity contribution >= 4 is 15.9 Å². The number of nitrogens with zero attached hydrogens (tertiary/aromatic N) is 1. The van der Waals surface area contributed by atoms with Crippen molar-refractivity contribution in [2.75, 3.05) is 20.1 Å². The average Bonchev–Trinajstić information content (AvgIpc) is 2.36. The molecule has 1 aromatic rings. The van der Waals surface area contributed by atoms with Crippen LogP contribution in [0.5, 0.6) is 5.75 Å². The molecule has 1 aliphatic heterocycles. The molecule has 0 radical (unpaired) electrons. The number of hydrogen-bond acceptors (Lipinski definition) is 3. The van der Waals surface area contributed by atoms with E-state index in [-0.39, 0.29) is 0 Å². The Labute approximate surface area is 117 Å². The van der Waals surface area contributed by atoms with Crippen LogP contribution in [0.2, 0.25) is 0 Å². The normalized spacial score (nSPS) is 21.1. The number of likely N-dealkylation sites (N-methyl/N-ethyl adjacent to an activating group) is 1. The molecule has 18 heavy (non-hydrogen) atoms. The van der Waals surface area contributed by atoms with Crippen molar-refractivity contribution in [1.82, 2.24) is 10.2 Å². The zero-order valence-corrected chi connectivity index (χ0v) is 12.4. The number of rotatable bonds is 4. The van der Waals surface area contributed by atoms with Crippen LogP contribution in [0.3, 0.4) is 0 Å². The van der Waals surface area contributed by atoms with Gasteiger partial charge in [-0.05, 0) is 44.6 Å². The Morgan fingerprint density at radius 3 is 3.06 bits per heavy atom. The summed E-state index contributed by atoms with van der Waals surface area (Å²) in [7, 11) is 2.00. The summed E-state index contributed by atoms with van der Waals surface area (Å²) in [5.41, 5.74) is 1.01. The molecule has 2 rings (SSSR count). The molecule has 0 aliphatic carbocycles. The van der Waals surface area contributed by atoms with Gasteiger partial charge in [0.05, 0.1) is 0 Å². The Balaban J connectivity index is 2.08. The van der Waals surface area contributed by atoms with E-state index in [4.69, 9.17) is 0 Å². The summed E-state index contributed by atoms with van der Waals surface area (Å²) in [6, 6.07) is 6.24. The van der Waals surface area contributed by atoms with Crippen molar-refractivity contribution in [1.29, 1.82) is 0 Å². The van der Waals surface area contributed by atoms with E-state index in [1.807, 2.05) is 19.2 Å². The first kappa shape index (κ1) is 13.8. The van der Waals surface area contributed by atoms with Crippen molar-refractivity contribution in [3.05, 3.63) is 28.2 Å². The van der Waals surface area contributed by atoms with Crippen molar-refractivity contribution in [2.45, 2.75) is 31.8 Å². The third-order valence-corrected chi connectivity index (χ3v) is 4.10. The maximum Gasteiger partial charge on any atom is 0.120 e. The lowest BCUT2D eigenvalue weighted by atomic mass is 10.0. The van der Waals surface area contributed by atoms with Gasteiger partial charge in [0.15, 0.2) is 0 Å². The Hall–Kier alpha value is -0.580. The van der Waals surface area contributed by atoms with Gasteiger partial charge in [-0.25, -0.2) is 0 Å². The number of hydrogen-bond donors (Lipinski definition) is 2. The third kappa shape index (κ3) is 3.46. The Morgan fingerprint density at radius 1 is 1.44 bits per heavy atom. The van der Waals surface area contributed by atoms with Gasteiger partial charge in [-0.15, -0.1) is 0 Å². The van der Waals surface area contributed by atoms with Crippen molar-refractivity contribution in [2.24, 2.45) is 0 Å². The standard InChI is InChI=1S/C14H21BrN2O/c1-16-9-13-4-2-3-7-17(13)10-11-8-12(15)5-6-14(11)18/h5-6,8,13,16,18H,2-4,7,9-10H2,1H3. The molecule has 100 valence electrons. The molecule has 3 nitrogen and oxygen atoms in total. The minimum absolute atomic E-state index is 0.395.